The zero-order valence-electron chi connectivity index (χ0n) is 9.41. The van der Waals surface area contributed by atoms with Gasteiger partial charge < -0.3 is 4.90 Å². The molecule has 3 rings (SSSR count). The van der Waals surface area contributed by atoms with Crippen LogP contribution in [0.2, 0.25) is 0 Å². The molecule has 0 aromatic heterocycles. The van der Waals surface area contributed by atoms with Gasteiger partial charge in [0, 0.05) is 38.1 Å². The van der Waals surface area contributed by atoms with Crippen molar-refractivity contribution in [1.29, 1.82) is 5.41 Å². The minimum Gasteiger partial charge on any atom is -0.356 e. The largest absolute Gasteiger partial charge is 0.356 e. The Bertz CT molecular complexity index is 260. The summed E-state index contributed by atoms with van der Waals surface area (Å²) in [5.74, 6) is 0.906. The molecule has 1 saturated carbocycles. The third-order valence-electron chi connectivity index (χ3n) is 4.11. The van der Waals surface area contributed by atoms with Gasteiger partial charge in [-0.1, -0.05) is 0 Å². The summed E-state index contributed by atoms with van der Waals surface area (Å²) in [6.45, 7) is 3.65. The summed E-state index contributed by atoms with van der Waals surface area (Å²) in [4.78, 5) is 5.03. The average Bonchev–Trinajstić information content (AvgIpc) is 2.99. The second-order valence-electron chi connectivity index (χ2n) is 5.27. The van der Waals surface area contributed by atoms with Crippen LogP contribution in [0.4, 0.5) is 0 Å². The van der Waals surface area contributed by atoms with Crippen LogP contribution >= 0.6 is 0 Å². The molecule has 0 aromatic carbocycles. The highest BCUT2D eigenvalue weighted by Crippen LogP contribution is 2.31. The molecular weight excluding hydrogens is 186 g/mol. The minimum atomic E-state index is 0.665. The van der Waals surface area contributed by atoms with E-state index < -0.39 is 0 Å². The van der Waals surface area contributed by atoms with Crippen LogP contribution < -0.4 is 0 Å². The summed E-state index contributed by atoms with van der Waals surface area (Å²) in [5.41, 5.74) is 0. The molecule has 3 fully saturated rings. The molecule has 84 valence electrons. The van der Waals surface area contributed by atoms with Crippen molar-refractivity contribution in [3.8, 4) is 0 Å². The Morgan fingerprint density at radius 3 is 2.60 bits per heavy atom. The van der Waals surface area contributed by atoms with Crippen LogP contribution in [0.15, 0.2) is 0 Å². The van der Waals surface area contributed by atoms with E-state index in [1.807, 2.05) is 0 Å². The number of nitrogens with one attached hydrogen (secondary N) is 1. The molecule has 1 unspecified atom stereocenters. The van der Waals surface area contributed by atoms with Gasteiger partial charge in [0.25, 0.3) is 0 Å². The first kappa shape index (κ1) is 9.64. The van der Waals surface area contributed by atoms with Gasteiger partial charge in [0.2, 0.25) is 0 Å². The number of hydrogen-bond acceptors (Lipinski definition) is 2. The highest BCUT2D eigenvalue weighted by atomic mass is 15.3. The summed E-state index contributed by atoms with van der Waals surface area (Å²) >= 11 is 0. The Morgan fingerprint density at radius 1 is 1.00 bits per heavy atom. The summed E-state index contributed by atoms with van der Waals surface area (Å²) in [6, 6.07) is 1.58. The molecule has 0 aromatic rings. The molecule has 0 radical (unpaired) electrons. The highest BCUT2D eigenvalue weighted by Gasteiger charge is 2.37. The van der Waals surface area contributed by atoms with Gasteiger partial charge in [-0.2, -0.15) is 0 Å². The zero-order valence-corrected chi connectivity index (χ0v) is 9.41. The Hall–Kier alpha value is -0.570. The summed E-state index contributed by atoms with van der Waals surface area (Å²) in [7, 11) is 0. The zero-order chi connectivity index (χ0) is 10.3. The quantitative estimate of drug-likeness (QED) is 0.747. The summed E-state index contributed by atoms with van der Waals surface area (Å²) in [5, 5.41) is 8.01. The van der Waals surface area contributed by atoms with Crippen molar-refractivity contribution in [3.05, 3.63) is 0 Å². The van der Waals surface area contributed by atoms with E-state index in [9.17, 15) is 0 Å². The van der Waals surface area contributed by atoms with E-state index in [4.69, 9.17) is 5.41 Å². The van der Waals surface area contributed by atoms with Crippen molar-refractivity contribution in [1.82, 2.24) is 9.80 Å². The first-order chi connectivity index (χ1) is 7.34. The number of rotatable bonds is 2. The predicted octanol–water partition coefficient (Wildman–Crippen LogP) is 1.69. The van der Waals surface area contributed by atoms with E-state index in [0.29, 0.717) is 6.04 Å². The van der Waals surface area contributed by atoms with Crippen LogP contribution in [-0.4, -0.2) is 47.4 Å². The van der Waals surface area contributed by atoms with Gasteiger partial charge in [0.1, 0.15) is 0 Å². The molecule has 3 heteroatoms. The molecule has 0 bridgehead atoms. The van der Waals surface area contributed by atoms with E-state index in [1.165, 1.54) is 45.2 Å². The van der Waals surface area contributed by atoms with Crippen molar-refractivity contribution >= 4 is 5.84 Å². The lowest BCUT2D eigenvalue weighted by atomic mass is 10.1. The van der Waals surface area contributed by atoms with E-state index >= 15 is 0 Å². The van der Waals surface area contributed by atoms with E-state index in [2.05, 4.69) is 9.80 Å². The van der Waals surface area contributed by atoms with Crippen LogP contribution in [-0.2, 0) is 0 Å². The second kappa shape index (κ2) is 3.78. The third kappa shape index (κ3) is 1.89. The van der Waals surface area contributed by atoms with Crippen molar-refractivity contribution < 1.29 is 0 Å². The van der Waals surface area contributed by atoms with Crippen molar-refractivity contribution in [2.24, 2.45) is 0 Å². The maximum absolute atomic E-state index is 8.01. The summed E-state index contributed by atoms with van der Waals surface area (Å²) < 4.78 is 0. The van der Waals surface area contributed by atoms with Gasteiger partial charge in [-0.3, -0.25) is 10.3 Å². The molecule has 1 aliphatic carbocycles. The van der Waals surface area contributed by atoms with Gasteiger partial charge in [-0.25, -0.2) is 0 Å². The lowest BCUT2D eigenvalue weighted by molar-refractivity contribution is 0.256. The molecule has 1 N–H and O–H groups in total. The maximum atomic E-state index is 8.01. The lowest BCUT2D eigenvalue weighted by Gasteiger charge is -2.34. The van der Waals surface area contributed by atoms with Crippen molar-refractivity contribution in [3.63, 3.8) is 0 Å². The first-order valence-electron chi connectivity index (χ1n) is 6.43. The number of piperidine rings is 1. The Morgan fingerprint density at radius 2 is 1.87 bits per heavy atom. The molecule has 1 atom stereocenters. The van der Waals surface area contributed by atoms with Crippen LogP contribution in [0.3, 0.4) is 0 Å². The first-order valence-corrected chi connectivity index (χ1v) is 6.43. The molecule has 3 aliphatic rings. The number of likely N-dealkylation sites (tertiary alicyclic amines) is 2. The lowest BCUT2D eigenvalue weighted by Crippen LogP contribution is -2.44. The Kier molecular flexibility index (Phi) is 2.43. The molecule has 3 nitrogen and oxygen atoms in total. The SMILES string of the molecule is N=C1CCCCN1C1CCN(C2CC2)C1. The van der Waals surface area contributed by atoms with E-state index in [-0.39, 0.29) is 0 Å². The van der Waals surface area contributed by atoms with Crippen LogP contribution in [0.25, 0.3) is 0 Å². The molecule has 0 spiro atoms. The van der Waals surface area contributed by atoms with E-state index in [1.54, 1.807) is 0 Å². The highest BCUT2D eigenvalue weighted by molar-refractivity contribution is 5.80. The smallest absolute Gasteiger partial charge is 0.0960 e. The monoisotopic (exact) mass is 207 g/mol. The van der Waals surface area contributed by atoms with E-state index in [0.717, 1.165) is 24.8 Å². The standard InChI is InChI=1S/C12H21N3/c13-12-3-1-2-7-15(12)11-6-8-14(9-11)10-4-5-10/h10-11,13H,1-9H2. The summed E-state index contributed by atoms with van der Waals surface area (Å²) in [6.07, 6.45) is 7.67. The average molecular weight is 207 g/mol. The van der Waals surface area contributed by atoms with Crippen molar-refractivity contribution in [2.75, 3.05) is 19.6 Å². The molecule has 15 heavy (non-hydrogen) atoms. The fraction of sp³-hybridized carbons (Fsp3) is 0.917. The molecule has 2 heterocycles. The minimum absolute atomic E-state index is 0.665. The van der Waals surface area contributed by atoms with Gasteiger partial charge in [0.15, 0.2) is 0 Å². The van der Waals surface area contributed by atoms with Gasteiger partial charge in [-0.05, 0) is 32.1 Å². The molecular formula is C12H21N3. The Balaban J connectivity index is 1.59. The fourth-order valence-electron chi connectivity index (χ4n) is 3.05. The number of hydrogen-bond donors (Lipinski definition) is 1. The van der Waals surface area contributed by atoms with Gasteiger partial charge in [-0.15, -0.1) is 0 Å². The topological polar surface area (TPSA) is 30.3 Å². The molecule has 2 saturated heterocycles. The number of nitrogens with zero attached hydrogens (tertiary/aromatic N) is 2. The fourth-order valence-corrected chi connectivity index (χ4v) is 3.05. The van der Waals surface area contributed by atoms with Crippen LogP contribution in [0.5, 0.6) is 0 Å². The van der Waals surface area contributed by atoms with Crippen LogP contribution in [0, 0.1) is 5.41 Å². The van der Waals surface area contributed by atoms with Gasteiger partial charge >= 0.3 is 0 Å². The van der Waals surface area contributed by atoms with Crippen LogP contribution in [0.1, 0.15) is 38.5 Å². The number of amidine groups is 1. The third-order valence-corrected chi connectivity index (χ3v) is 4.11. The van der Waals surface area contributed by atoms with Crippen molar-refractivity contribution in [2.45, 2.75) is 50.6 Å². The normalized spacial score (nSPS) is 33.7. The van der Waals surface area contributed by atoms with Gasteiger partial charge in [0.05, 0.1) is 5.84 Å². The second-order valence-corrected chi connectivity index (χ2v) is 5.27. The molecule has 0 amide bonds. The maximum Gasteiger partial charge on any atom is 0.0960 e. The Labute approximate surface area is 91.9 Å². The molecule has 2 aliphatic heterocycles. The predicted molar refractivity (Wildman–Crippen MR) is 61.3 cm³/mol.